The molecule has 0 bridgehead atoms. The monoisotopic (exact) mass is 222 g/mol. The van der Waals surface area contributed by atoms with Crippen LogP contribution in [0.25, 0.3) is 0 Å². The molecule has 0 rings (SSSR count). The summed E-state index contributed by atoms with van der Waals surface area (Å²) in [4.78, 5) is 0. The summed E-state index contributed by atoms with van der Waals surface area (Å²) in [5, 5.41) is 7.07. The third kappa shape index (κ3) is 4.54. The second-order valence-electron chi connectivity index (χ2n) is 3.24. The molecule has 0 spiro atoms. The van der Waals surface area contributed by atoms with Gasteiger partial charge in [-0.1, -0.05) is 6.92 Å². The van der Waals surface area contributed by atoms with E-state index in [1.54, 1.807) is 0 Å². The summed E-state index contributed by atoms with van der Waals surface area (Å²) in [6, 6.07) is -0.306. The zero-order valence-corrected chi connectivity index (χ0v) is 9.56. The fourth-order valence-corrected chi connectivity index (χ4v) is 1.73. The highest BCUT2D eigenvalue weighted by Gasteiger charge is 2.18. The van der Waals surface area contributed by atoms with Gasteiger partial charge in [-0.3, -0.25) is 5.41 Å². The molecule has 1 atom stereocenters. The van der Waals surface area contributed by atoms with Crippen molar-refractivity contribution in [3.8, 4) is 0 Å². The Morgan fingerprint density at radius 1 is 1.57 bits per heavy atom. The van der Waals surface area contributed by atoms with Crippen molar-refractivity contribution in [3.05, 3.63) is 0 Å². The first-order chi connectivity index (χ1) is 6.29. The van der Waals surface area contributed by atoms with Crippen LogP contribution in [0.5, 0.6) is 0 Å². The first kappa shape index (κ1) is 13.3. The summed E-state index contributed by atoms with van der Waals surface area (Å²) in [5.41, 5.74) is 5.20. The molecule has 0 aliphatic carbocycles. The maximum Gasteiger partial charge on any atom is 0.279 e. The Morgan fingerprint density at radius 3 is 2.36 bits per heavy atom. The maximum atomic E-state index is 11.4. The van der Waals surface area contributed by atoms with Crippen LogP contribution in [0.1, 0.15) is 19.8 Å². The topological polar surface area (TPSA) is 99.3 Å². The Labute approximate surface area is 85.2 Å². The number of nitrogens with one attached hydrogen (secondary N) is 2. The molecular weight excluding hydrogens is 204 g/mol. The van der Waals surface area contributed by atoms with E-state index < -0.39 is 10.2 Å². The van der Waals surface area contributed by atoms with Crippen LogP contribution < -0.4 is 10.5 Å². The Bertz CT molecular complexity index is 286. The molecule has 0 aromatic carbocycles. The number of hydrogen-bond donors (Lipinski definition) is 3. The van der Waals surface area contributed by atoms with E-state index in [0.717, 1.165) is 4.31 Å². The van der Waals surface area contributed by atoms with E-state index in [1.165, 1.54) is 14.1 Å². The van der Waals surface area contributed by atoms with E-state index in [0.29, 0.717) is 6.42 Å². The predicted molar refractivity (Wildman–Crippen MR) is 56.4 cm³/mol. The van der Waals surface area contributed by atoms with Crippen LogP contribution in [0, 0.1) is 5.41 Å². The van der Waals surface area contributed by atoms with Crippen molar-refractivity contribution in [2.45, 2.75) is 25.8 Å². The Kier molecular flexibility index (Phi) is 5.03. The molecule has 0 aromatic rings. The lowest BCUT2D eigenvalue weighted by atomic mass is 10.1. The van der Waals surface area contributed by atoms with Gasteiger partial charge in [-0.15, -0.1) is 0 Å². The smallest absolute Gasteiger partial charge is 0.279 e. The second kappa shape index (κ2) is 5.28. The molecular formula is C7H18N4O2S. The first-order valence-corrected chi connectivity index (χ1v) is 5.76. The highest BCUT2D eigenvalue weighted by Crippen LogP contribution is 2.00. The summed E-state index contributed by atoms with van der Waals surface area (Å²) >= 11 is 0. The van der Waals surface area contributed by atoms with E-state index in [1.807, 2.05) is 6.92 Å². The molecule has 7 heteroatoms. The highest BCUT2D eigenvalue weighted by molar-refractivity contribution is 7.87. The number of nitrogens with two attached hydrogens (primary N) is 1. The minimum Gasteiger partial charge on any atom is -0.388 e. The van der Waals surface area contributed by atoms with Crippen molar-refractivity contribution in [2.75, 3.05) is 14.1 Å². The molecule has 0 fully saturated rings. The lowest BCUT2D eigenvalue weighted by Gasteiger charge is -2.19. The zero-order valence-electron chi connectivity index (χ0n) is 8.74. The Morgan fingerprint density at radius 2 is 2.07 bits per heavy atom. The Hall–Kier alpha value is -0.660. The number of amidine groups is 1. The molecule has 0 aliphatic heterocycles. The van der Waals surface area contributed by atoms with Gasteiger partial charge in [-0.2, -0.15) is 17.4 Å². The fraction of sp³-hybridized carbons (Fsp3) is 0.857. The standard InChI is InChI=1S/C7H18N4O2S/c1-4-6(5-7(8)9)10-14(12,13)11(2)3/h6,10H,4-5H2,1-3H3,(H3,8,9). The van der Waals surface area contributed by atoms with Crippen molar-refractivity contribution in [1.29, 1.82) is 5.41 Å². The van der Waals surface area contributed by atoms with Crippen LogP contribution in [-0.2, 0) is 10.2 Å². The highest BCUT2D eigenvalue weighted by atomic mass is 32.2. The van der Waals surface area contributed by atoms with Crippen LogP contribution in [0.15, 0.2) is 0 Å². The van der Waals surface area contributed by atoms with Crippen LogP contribution >= 0.6 is 0 Å². The molecule has 1 unspecified atom stereocenters. The summed E-state index contributed by atoms with van der Waals surface area (Å²) in [7, 11) is -0.530. The minimum absolute atomic E-state index is 0.0155. The first-order valence-electron chi connectivity index (χ1n) is 4.32. The van der Waals surface area contributed by atoms with Crippen molar-refractivity contribution < 1.29 is 8.42 Å². The molecule has 0 radical (unpaired) electrons. The molecule has 4 N–H and O–H groups in total. The quantitative estimate of drug-likeness (QED) is 0.417. The number of rotatable bonds is 6. The summed E-state index contributed by atoms with van der Waals surface area (Å²) < 4.78 is 26.3. The van der Waals surface area contributed by atoms with E-state index in [4.69, 9.17) is 11.1 Å². The van der Waals surface area contributed by atoms with Crippen LogP contribution in [0.2, 0.25) is 0 Å². The van der Waals surface area contributed by atoms with Crippen molar-refractivity contribution in [1.82, 2.24) is 9.03 Å². The third-order valence-electron chi connectivity index (χ3n) is 1.76. The lowest BCUT2D eigenvalue weighted by Crippen LogP contribution is -2.43. The summed E-state index contributed by atoms with van der Waals surface area (Å²) in [6.45, 7) is 1.84. The van der Waals surface area contributed by atoms with E-state index in [9.17, 15) is 8.42 Å². The van der Waals surface area contributed by atoms with Gasteiger partial charge in [0.15, 0.2) is 0 Å². The average Bonchev–Trinajstić information content (AvgIpc) is 2.01. The van der Waals surface area contributed by atoms with Gasteiger partial charge in [0.25, 0.3) is 10.2 Å². The average molecular weight is 222 g/mol. The van der Waals surface area contributed by atoms with Crippen LogP contribution in [0.4, 0.5) is 0 Å². The van der Waals surface area contributed by atoms with Gasteiger partial charge in [0.2, 0.25) is 0 Å². The fourth-order valence-electron chi connectivity index (χ4n) is 0.851. The number of hydrogen-bond acceptors (Lipinski definition) is 3. The SMILES string of the molecule is CCC(CC(=N)N)NS(=O)(=O)N(C)C. The maximum absolute atomic E-state index is 11.4. The van der Waals surface area contributed by atoms with Gasteiger partial charge >= 0.3 is 0 Å². The van der Waals surface area contributed by atoms with Gasteiger partial charge in [-0.25, -0.2) is 0 Å². The molecule has 84 valence electrons. The van der Waals surface area contributed by atoms with Crippen LogP contribution in [0.3, 0.4) is 0 Å². The van der Waals surface area contributed by atoms with Gasteiger partial charge in [-0.05, 0) is 6.42 Å². The van der Waals surface area contributed by atoms with Crippen LogP contribution in [-0.4, -0.2) is 38.7 Å². The van der Waals surface area contributed by atoms with Gasteiger partial charge in [0.05, 0.1) is 5.84 Å². The van der Waals surface area contributed by atoms with Gasteiger partial charge in [0, 0.05) is 26.6 Å². The molecule has 0 saturated carbocycles. The molecule has 0 saturated heterocycles. The molecule has 6 nitrogen and oxygen atoms in total. The minimum atomic E-state index is -3.42. The largest absolute Gasteiger partial charge is 0.388 e. The summed E-state index contributed by atoms with van der Waals surface area (Å²) in [6.07, 6.45) is 0.843. The van der Waals surface area contributed by atoms with E-state index in [-0.39, 0.29) is 18.3 Å². The second-order valence-corrected chi connectivity index (χ2v) is 5.16. The zero-order chi connectivity index (χ0) is 11.4. The van der Waals surface area contributed by atoms with Gasteiger partial charge in [0.1, 0.15) is 0 Å². The van der Waals surface area contributed by atoms with E-state index in [2.05, 4.69) is 4.72 Å². The van der Waals surface area contributed by atoms with Crippen molar-refractivity contribution in [2.24, 2.45) is 5.73 Å². The lowest BCUT2D eigenvalue weighted by molar-refractivity contribution is 0.483. The van der Waals surface area contributed by atoms with Gasteiger partial charge < -0.3 is 5.73 Å². The molecule has 0 amide bonds. The predicted octanol–water partition coefficient (Wildman–Crippen LogP) is -0.513. The molecule has 0 aromatic heterocycles. The molecule has 0 heterocycles. The molecule has 14 heavy (non-hydrogen) atoms. The summed E-state index contributed by atoms with van der Waals surface area (Å²) in [5.74, 6) is -0.0155. The van der Waals surface area contributed by atoms with Crippen molar-refractivity contribution in [3.63, 3.8) is 0 Å². The van der Waals surface area contributed by atoms with Crippen molar-refractivity contribution >= 4 is 16.0 Å². The molecule has 0 aliphatic rings. The Balaban J connectivity index is 4.39. The normalized spacial score (nSPS) is 14.3. The number of nitrogens with zero attached hydrogens (tertiary/aromatic N) is 1. The van der Waals surface area contributed by atoms with E-state index >= 15 is 0 Å². The third-order valence-corrected chi connectivity index (χ3v) is 3.35.